The van der Waals surface area contributed by atoms with E-state index in [1.807, 2.05) is 0 Å². The number of hydrogen-bond donors (Lipinski definition) is 1. The highest BCUT2D eigenvalue weighted by Crippen LogP contribution is 2.31. The third-order valence-electron chi connectivity index (χ3n) is 2.10. The van der Waals surface area contributed by atoms with Crippen LogP contribution in [0.1, 0.15) is 10.6 Å². The number of carbonyl (C=O) groups excluding carboxylic acids is 1. The molecule has 0 saturated carbocycles. The van der Waals surface area contributed by atoms with E-state index in [1.54, 1.807) is 24.3 Å². The molecule has 1 heterocycles. The van der Waals surface area contributed by atoms with Crippen LogP contribution in [0.3, 0.4) is 0 Å². The Kier molecular flexibility index (Phi) is 3.99. The van der Waals surface area contributed by atoms with Gasteiger partial charge in [-0.15, -0.1) is 0 Å². The first kappa shape index (κ1) is 12.6. The Morgan fingerprint density at radius 2 is 2.00 bits per heavy atom. The summed E-state index contributed by atoms with van der Waals surface area (Å²) in [5.74, 6) is -2.87. The highest BCUT2D eigenvalue weighted by molar-refractivity contribution is 7.99. The van der Waals surface area contributed by atoms with Gasteiger partial charge in [0.1, 0.15) is 0 Å². The van der Waals surface area contributed by atoms with Gasteiger partial charge in [0, 0.05) is 4.90 Å². The number of thioether (sulfide) groups is 1. The molecule has 0 aliphatic rings. The summed E-state index contributed by atoms with van der Waals surface area (Å²) < 4.78 is 29.6. The van der Waals surface area contributed by atoms with E-state index in [4.69, 9.17) is 4.42 Å². The standard InChI is InChI=1S/C12H9F2NO2S/c13-12(14)18-10-6-2-1-4-8(10)15-11(16)9-5-3-7-17-9/h1-7,12H,(H,15,16). The maximum absolute atomic E-state index is 12.3. The molecule has 0 spiro atoms. The molecule has 0 fully saturated rings. The number of amides is 1. The summed E-state index contributed by atoms with van der Waals surface area (Å²) in [6.07, 6.45) is 1.37. The average molecular weight is 269 g/mol. The van der Waals surface area contributed by atoms with E-state index >= 15 is 0 Å². The summed E-state index contributed by atoms with van der Waals surface area (Å²) in [6.45, 7) is 0. The van der Waals surface area contributed by atoms with Gasteiger partial charge < -0.3 is 9.73 Å². The summed E-state index contributed by atoms with van der Waals surface area (Å²) in [6, 6.07) is 9.45. The van der Waals surface area contributed by atoms with Crippen LogP contribution in [0.25, 0.3) is 0 Å². The predicted octanol–water partition coefficient (Wildman–Crippen LogP) is 3.85. The van der Waals surface area contributed by atoms with Crippen molar-refractivity contribution in [3.63, 3.8) is 0 Å². The molecular weight excluding hydrogens is 260 g/mol. The number of alkyl halides is 2. The molecule has 0 atom stereocenters. The summed E-state index contributed by atoms with van der Waals surface area (Å²) in [7, 11) is 0. The maximum atomic E-state index is 12.3. The van der Waals surface area contributed by atoms with E-state index in [9.17, 15) is 13.6 Å². The van der Waals surface area contributed by atoms with Crippen molar-refractivity contribution in [3.8, 4) is 0 Å². The summed E-state index contributed by atoms with van der Waals surface area (Å²) in [5.41, 5.74) is 0.337. The molecule has 18 heavy (non-hydrogen) atoms. The van der Waals surface area contributed by atoms with Crippen LogP contribution in [0.4, 0.5) is 14.5 Å². The topological polar surface area (TPSA) is 42.2 Å². The van der Waals surface area contributed by atoms with Gasteiger partial charge >= 0.3 is 0 Å². The van der Waals surface area contributed by atoms with Crippen LogP contribution in [-0.4, -0.2) is 11.7 Å². The molecule has 0 unspecified atom stereocenters. The number of carbonyl (C=O) groups is 1. The number of nitrogens with one attached hydrogen (secondary N) is 1. The van der Waals surface area contributed by atoms with Crippen LogP contribution in [0.2, 0.25) is 0 Å². The molecule has 94 valence electrons. The number of hydrogen-bond acceptors (Lipinski definition) is 3. The summed E-state index contributed by atoms with van der Waals surface area (Å²) >= 11 is 0.386. The van der Waals surface area contributed by atoms with Gasteiger partial charge in [-0.3, -0.25) is 4.79 Å². The number of benzene rings is 1. The van der Waals surface area contributed by atoms with Crippen molar-refractivity contribution in [1.82, 2.24) is 0 Å². The van der Waals surface area contributed by atoms with Gasteiger partial charge in [0.25, 0.3) is 11.7 Å². The van der Waals surface area contributed by atoms with E-state index in [0.717, 1.165) is 0 Å². The third kappa shape index (κ3) is 3.10. The lowest BCUT2D eigenvalue weighted by Crippen LogP contribution is -2.11. The summed E-state index contributed by atoms with van der Waals surface area (Å²) in [4.78, 5) is 12.0. The van der Waals surface area contributed by atoms with Crippen LogP contribution in [0.5, 0.6) is 0 Å². The molecule has 3 nitrogen and oxygen atoms in total. The molecule has 1 aromatic carbocycles. The fourth-order valence-electron chi connectivity index (χ4n) is 1.36. The Balaban J connectivity index is 2.16. The van der Waals surface area contributed by atoms with E-state index < -0.39 is 11.7 Å². The molecule has 1 amide bonds. The molecule has 0 aliphatic carbocycles. The van der Waals surface area contributed by atoms with E-state index in [0.29, 0.717) is 22.3 Å². The van der Waals surface area contributed by atoms with Gasteiger partial charge in [-0.1, -0.05) is 23.9 Å². The van der Waals surface area contributed by atoms with Gasteiger partial charge in [0.05, 0.1) is 12.0 Å². The molecule has 6 heteroatoms. The smallest absolute Gasteiger partial charge is 0.291 e. The first-order chi connectivity index (χ1) is 8.66. The monoisotopic (exact) mass is 269 g/mol. The fourth-order valence-corrected chi connectivity index (χ4v) is 1.96. The largest absolute Gasteiger partial charge is 0.459 e. The van der Waals surface area contributed by atoms with Crippen molar-refractivity contribution in [1.29, 1.82) is 0 Å². The first-order valence-corrected chi connectivity index (χ1v) is 5.93. The second kappa shape index (κ2) is 5.68. The van der Waals surface area contributed by atoms with Crippen LogP contribution in [0.15, 0.2) is 52.0 Å². The quantitative estimate of drug-likeness (QED) is 0.857. The van der Waals surface area contributed by atoms with Crippen molar-refractivity contribution >= 4 is 23.4 Å². The highest BCUT2D eigenvalue weighted by Gasteiger charge is 2.13. The van der Waals surface area contributed by atoms with Gasteiger partial charge in [0.15, 0.2) is 5.76 Å². The molecular formula is C12H9F2NO2S. The van der Waals surface area contributed by atoms with Crippen molar-refractivity contribution in [2.75, 3.05) is 5.32 Å². The van der Waals surface area contributed by atoms with Crippen LogP contribution >= 0.6 is 11.8 Å². The lowest BCUT2D eigenvalue weighted by molar-refractivity contribution is 0.0996. The van der Waals surface area contributed by atoms with Crippen molar-refractivity contribution in [2.45, 2.75) is 10.7 Å². The minimum Gasteiger partial charge on any atom is -0.459 e. The minimum absolute atomic E-state index is 0.131. The molecule has 1 N–H and O–H groups in total. The molecule has 0 radical (unpaired) electrons. The zero-order valence-corrected chi connectivity index (χ0v) is 9.92. The Hall–Kier alpha value is -1.82. The Bertz CT molecular complexity index is 529. The number of halogens is 2. The number of para-hydroxylation sites is 1. The molecule has 0 saturated heterocycles. The third-order valence-corrected chi connectivity index (χ3v) is 2.88. The molecule has 0 aliphatic heterocycles. The number of furan rings is 1. The molecule has 0 bridgehead atoms. The zero-order chi connectivity index (χ0) is 13.0. The van der Waals surface area contributed by atoms with Gasteiger partial charge in [-0.05, 0) is 24.3 Å². The van der Waals surface area contributed by atoms with E-state index in [2.05, 4.69) is 5.32 Å². The second-order valence-electron chi connectivity index (χ2n) is 3.31. The van der Waals surface area contributed by atoms with Crippen LogP contribution in [-0.2, 0) is 0 Å². The Morgan fingerprint density at radius 3 is 2.67 bits per heavy atom. The van der Waals surface area contributed by atoms with Crippen LogP contribution < -0.4 is 5.32 Å². The highest BCUT2D eigenvalue weighted by atomic mass is 32.2. The number of anilines is 1. The molecule has 2 rings (SSSR count). The Morgan fingerprint density at radius 1 is 1.22 bits per heavy atom. The van der Waals surface area contributed by atoms with Crippen molar-refractivity contribution in [3.05, 3.63) is 48.4 Å². The van der Waals surface area contributed by atoms with Crippen molar-refractivity contribution in [2.24, 2.45) is 0 Å². The maximum Gasteiger partial charge on any atom is 0.291 e. The SMILES string of the molecule is O=C(Nc1ccccc1SC(F)F)c1ccco1. The average Bonchev–Trinajstić information content (AvgIpc) is 2.84. The Labute approximate surface area is 106 Å². The first-order valence-electron chi connectivity index (χ1n) is 5.05. The van der Waals surface area contributed by atoms with Crippen molar-refractivity contribution < 1.29 is 18.0 Å². The normalized spacial score (nSPS) is 10.6. The van der Waals surface area contributed by atoms with Gasteiger partial charge in [-0.2, -0.15) is 8.78 Å². The molecule has 2 aromatic rings. The van der Waals surface area contributed by atoms with E-state index in [1.165, 1.54) is 18.4 Å². The molecule has 1 aromatic heterocycles. The van der Waals surface area contributed by atoms with Gasteiger partial charge in [-0.25, -0.2) is 0 Å². The minimum atomic E-state index is -2.54. The lowest BCUT2D eigenvalue weighted by atomic mass is 10.3. The second-order valence-corrected chi connectivity index (χ2v) is 4.34. The lowest BCUT2D eigenvalue weighted by Gasteiger charge is -2.08. The van der Waals surface area contributed by atoms with E-state index in [-0.39, 0.29) is 5.76 Å². The fraction of sp³-hybridized carbons (Fsp3) is 0.0833. The summed E-state index contributed by atoms with van der Waals surface area (Å²) in [5, 5.41) is 2.53. The zero-order valence-electron chi connectivity index (χ0n) is 9.10. The van der Waals surface area contributed by atoms with Gasteiger partial charge in [0.2, 0.25) is 0 Å². The van der Waals surface area contributed by atoms with Crippen LogP contribution in [0, 0.1) is 0 Å². The number of rotatable bonds is 4. The predicted molar refractivity (Wildman–Crippen MR) is 65.0 cm³/mol.